The second-order valence-electron chi connectivity index (χ2n) is 5.30. The van der Waals surface area contributed by atoms with Gasteiger partial charge in [0, 0.05) is 24.4 Å². The molecule has 6 heteroatoms. The lowest BCUT2D eigenvalue weighted by Gasteiger charge is -2.16. The molecule has 118 valence electrons. The zero-order chi connectivity index (χ0) is 15.1. The molecular formula is C15H26N4OS. The van der Waals surface area contributed by atoms with Gasteiger partial charge in [0.15, 0.2) is 11.7 Å². The third kappa shape index (κ3) is 4.95. The first kappa shape index (κ1) is 16.2. The molecular weight excluding hydrogens is 284 g/mol. The Kier molecular flexibility index (Phi) is 6.42. The summed E-state index contributed by atoms with van der Waals surface area (Å²) < 4.78 is 5.27. The van der Waals surface area contributed by atoms with Crippen molar-refractivity contribution in [1.82, 2.24) is 15.8 Å². The van der Waals surface area contributed by atoms with Crippen molar-refractivity contribution in [3.8, 4) is 0 Å². The Balaban J connectivity index is 1.76. The van der Waals surface area contributed by atoms with Gasteiger partial charge in [-0.1, -0.05) is 19.0 Å². The zero-order valence-corrected chi connectivity index (χ0v) is 14.0. The third-order valence-electron chi connectivity index (χ3n) is 3.75. The van der Waals surface area contributed by atoms with Gasteiger partial charge in [0.25, 0.3) is 0 Å². The summed E-state index contributed by atoms with van der Waals surface area (Å²) in [7, 11) is 1.81. The predicted octanol–water partition coefficient (Wildman–Crippen LogP) is 2.58. The molecule has 2 N–H and O–H groups in total. The number of guanidine groups is 1. The summed E-state index contributed by atoms with van der Waals surface area (Å²) in [4.78, 5) is 4.29. The largest absolute Gasteiger partial charge is 0.359 e. The second kappa shape index (κ2) is 8.32. The minimum Gasteiger partial charge on any atom is -0.359 e. The number of hydrogen-bond acceptors (Lipinski definition) is 4. The summed E-state index contributed by atoms with van der Waals surface area (Å²) in [6.45, 7) is 4.92. The predicted molar refractivity (Wildman–Crippen MR) is 88.8 cm³/mol. The van der Waals surface area contributed by atoms with Crippen LogP contribution in [0.1, 0.15) is 44.6 Å². The highest BCUT2D eigenvalue weighted by atomic mass is 32.2. The van der Waals surface area contributed by atoms with Crippen LogP contribution in [0.25, 0.3) is 0 Å². The summed E-state index contributed by atoms with van der Waals surface area (Å²) in [5.41, 5.74) is 0.991. The molecule has 0 spiro atoms. The van der Waals surface area contributed by atoms with Crippen LogP contribution in [0.3, 0.4) is 0 Å². The van der Waals surface area contributed by atoms with Crippen LogP contribution in [0.5, 0.6) is 0 Å². The van der Waals surface area contributed by atoms with E-state index in [9.17, 15) is 0 Å². The number of aromatic nitrogens is 1. The maximum atomic E-state index is 5.27. The number of aryl methyl sites for hydroxylation is 1. The van der Waals surface area contributed by atoms with Gasteiger partial charge in [-0.05, 0) is 31.4 Å². The fourth-order valence-electron chi connectivity index (χ4n) is 2.62. The van der Waals surface area contributed by atoms with Gasteiger partial charge < -0.3 is 15.2 Å². The van der Waals surface area contributed by atoms with E-state index in [-0.39, 0.29) is 0 Å². The Labute approximate surface area is 131 Å². The maximum absolute atomic E-state index is 5.27. The molecule has 0 saturated heterocycles. The first-order valence-electron chi connectivity index (χ1n) is 7.78. The standard InChI is InChI=1S/C15H26N4OS/c1-4-11-8-13(20-19-11)10-17-15(16-3)18-12-6-7-14(9-12)21-5-2/h8,12,14H,4-7,9-10H2,1-3H3,(H2,16,17,18). The molecule has 2 atom stereocenters. The van der Waals surface area contributed by atoms with Gasteiger partial charge in [-0.25, -0.2) is 0 Å². The van der Waals surface area contributed by atoms with E-state index in [1.807, 2.05) is 6.07 Å². The minimum absolute atomic E-state index is 0.529. The topological polar surface area (TPSA) is 62.5 Å². The maximum Gasteiger partial charge on any atom is 0.191 e. The molecule has 21 heavy (non-hydrogen) atoms. The van der Waals surface area contributed by atoms with E-state index in [0.717, 1.165) is 29.1 Å². The molecule has 1 aliphatic rings. The summed E-state index contributed by atoms with van der Waals surface area (Å²) in [5, 5.41) is 11.6. The zero-order valence-electron chi connectivity index (χ0n) is 13.2. The van der Waals surface area contributed by atoms with E-state index in [0.29, 0.717) is 12.6 Å². The minimum atomic E-state index is 0.529. The van der Waals surface area contributed by atoms with Crippen LogP contribution >= 0.6 is 11.8 Å². The molecule has 2 unspecified atom stereocenters. The van der Waals surface area contributed by atoms with Gasteiger partial charge in [-0.3, -0.25) is 4.99 Å². The van der Waals surface area contributed by atoms with E-state index < -0.39 is 0 Å². The van der Waals surface area contributed by atoms with Crippen LogP contribution in [-0.4, -0.2) is 35.2 Å². The molecule has 0 amide bonds. The van der Waals surface area contributed by atoms with E-state index in [1.165, 1.54) is 25.0 Å². The SMILES string of the molecule is CCSC1CCC(NC(=NC)NCc2cc(CC)no2)C1. The summed E-state index contributed by atoms with van der Waals surface area (Å²) in [6, 6.07) is 2.52. The molecule has 5 nitrogen and oxygen atoms in total. The molecule has 2 rings (SSSR count). The van der Waals surface area contributed by atoms with Crippen LogP contribution in [0, 0.1) is 0 Å². The van der Waals surface area contributed by atoms with Crippen molar-refractivity contribution >= 4 is 17.7 Å². The molecule has 1 fully saturated rings. The lowest BCUT2D eigenvalue weighted by molar-refractivity contribution is 0.374. The summed E-state index contributed by atoms with van der Waals surface area (Å²) >= 11 is 2.07. The molecule has 1 saturated carbocycles. The summed E-state index contributed by atoms with van der Waals surface area (Å²) in [6.07, 6.45) is 4.65. The number of nitrogens with one attached hydrogen (secondary N) is 2. The van der Waals surface area contributed by atoms with Crippen molar-refractivity contribution in [3.63, 3.8) is 0 Å². The van der Waals surface area contributed by atoms with Crippen LogP contribution in [0.15, 0.2) is 15.6 Å². The number of aliphatic imine (C=N–C) groups is 1. The van der Waals surface area contributed by atoms with Gasteiger partial charge in [-0.15, -0.1) is 0 Å². The Morgan fingerprint density at radius 3 is 3.00 bits per heavy atom. The average molecular weight is 310 g/mol. The third-order valence-corrected chi connectivity index (χ3v) is 4.98. The molecule has 1 aromatic rings. The number of hydrogen-bond donors (Lipinski definition) is 2. The molecule has 1 aliphatic carbocycles. The first-order chi connectivity index (χ1) is 10.2. The lowest BCUT2D eigenvalue weighted by atomic mass is 10.2. The molecule has 1 heterocycles. The van der Waals surface area contributed by atoms with Crippen LogP contribution < -0.4 is 10.6 Å². The second-order valence-corrected chi connectivity index (χ2v) is 6.87. The van der Waals surface area contributed by atoms with Crippen LogP contribution in [0.2, 0.25) is 0 Å². The smallest absolute Gasteiger partial charge is 0.191 e. The highest BCUT2D eigenvalue weighted by molar-refractivity contribution is 7.99. The van der Waals surface area contributed by atoms with Crippen molar-refractivity contribution in [1.29, 1.82) is 0 Å². The fourth-order valence-corrected chi connectivity index (χ4v) is 3.77. The Morgan fingerprint density at radius 1 is 1.48 bits per heavy atom. The Morgan fingerprint density at radius 2 is 2.33 bits per heavy atom. The number of thioether (sulfide) groups is 1. The molecule has 0 aromatic carbocycles. The lowest BCUT2D eigenvalue weighted by Crippen LogP contribution is -2.42. The van der Waals surface area contributed by atoms with Gasteiger partial charge in [-0.2, -0.15) is 11.8 Å². The highest BCUT2D eigenvalue weighted by Crippen LogP contribution is 2.29. The van der Waals surface area contributed by atoms with Gasteiger partial charge in [0.1, 0.15) is 0 Å². The highest BCUT2D eigenvalue weighted by Gasteiger charge is 2.25. The van der Waals surface area contributed by atoms with E-state index >= 15 is 0 Å². The van der Waals surface area contributed by atoms with Crippen LogP contribution in [-0.2, 0) is 13.0 Å². The van der Waals surface area contributed by atoms with E-state index in [4.69, 9.17) is 4.52 Å². The van der Waals surface area contributed by atoms with Crippen LogP contribution in [0.4, 0.5) is 0 Å². The van der Waals surface area contributed by atoms with Crippen molar-refractivity contribution in [2.24, 2.45) is 4.99 Å². The van der Waals surface area contributed by atoms with Crippen molar-refractivity contribution in [2.45, 2.75) is 57.4 Å². The average Bonchev–Trinajstić information content (AvgIpc) is 3.13. The fraction of sp³-hybridized carbons (Fsp3) is 0.733. The van der Waals surface area contributed by atoms with Crippen molar-refractivity contribution < 1.29 is 4.52 Å². The van der Waals surface area contributed by atoms with Crippen molar-refractivity contribution in [2.75, 3.05) is 12.8 Å². The molecule has 1 aromatic heterocycles. The normalized spacial score (nSPS) is 22.5. The summed E-state index contributed by atoms with van der Waals surface area (Å²) in [5.74, 6) is 2.90. The van der Waals surface area contributed by atoms with E-state index in [1.54, 1.807) is 7.05 Å². The van der Waals surface area contributed by atoms with Gasteiger partial charge >= 0.3 is 0 Å². The Bertz CT molecular complexity index is 460. The van der Waals surface area contributed by atoms with E-state index in [2.05, 4.69) is 46.4 Å². The molecule has 0 aliphatic heterocycles. The quantitative estimate of drug-likeness (QED) is 0.624. The number of nitrogens with zero attached hydrogens (tertiary/aromatic N) is 2. The first-order valence-corrected chi connectivity index (χ1v) is 8.83. The molecule has 0 radical (unpaired) electrons. The molecule has 0 bridgehead atoms. The Hall–Kier alpha value is -1.17. The monoisotopic (exact) mass is 310 g/mol. The van der Waals surface area contributed by atoms with Crippen molar-refractivity contribution in [3.05, 3.63) is 17.5 Å². The number of rotatable bonds is 6. The van der Waals surface area contributed by atoms with Gasteiger partial charge in [0.05, 0.1) is 12.2 Å². The van der Waals surface area contributed by atoms with Gasteiger partial charge in [0.2, 0.25) is 0 Å².